The van der Waals surface area contributed by atoms with Gasteiger partial charge in [0, 0.05) is 0 Å². The Balaban J connectivity index is 2.38. The van der Waals surface area contributed by atoms with E-state index in [9.17, 15) is 31.1 Å². The molecule has 10 heteroatoms. The molecule has 2 atom stereocenters. The first-order valence-corrected chi connectivity index (χ1v) is 10.1. The molecule has 0 spiro atoms. The van der Waals surface area contributed by atoms with Crippen LogP contribution in [0.3, 0.4) is 0 Å². The molecule has 178 valence electrons. The smallest absolute Gasteiger partial charge is 0.342 e. The van der Waals surface area contributed by atoms with Crippen LogP contribution in [0.25, 0.3) is 11.1 Å². The number of nitrogens with zero attached hydrogens (tertiary/aromatic N) is 1. The van der Waals surface area contributed by atoms with Crippen LogP contribution >= 0.6 is 0 Å². The van der Waals surface area contributed by atoms with Crippen LogP contribution in [-0.4, -0.2) is 24.7 Å². The van der Waals surface area contributed by atoms with Crippen molar-refractivity contribution in [2.45, 2.75) is 44.7 Å². The van der Waals surface area contributed by atoms with Gasteiger partial charge in [-0.25, -0.2) is 0 Å². The Bertz CT molecular complexity index is 977. The summed E-state index contributed by atoms with van der Waals surface area (Å²) < 4.78 is 81.5. The second-order valence-corrected chi connectivity index (χ2v) is 7.86. The lowest BCUT2D eigenvalue weighted by molar-refractivity contribution is -0.161. The molecule has 2 aromatic carbocycles. The summed E-state index contributed by atoms with van der Waals surface area (Å²) in [6.45, 7) is 3.13. The Morgan fingerprint density at radius 1 is 1.00 bits per heavy atom. The monoisotopic (exact) mass is 471 g/mol. The topological polar surface area (TPSA) is 64.9 Å². The second-order valence-electron chi connectivity index (χ2n) is 7.86. The Kier molecular flexibility index (Phi) is 8.50. The van der Waals surface area contributed by atoms with E-state index in [0.717, 1.165) is 18.2 Å². The molecule has 0 bridgehead atoms. The van der Waals surface area contributed by atoms with Crippen LogP contribution in [-0.2, 0) is 11.0 Å². The zero-order chi connectivity index (χ0) is 24.8. The Morgan fingerprint density at radius 3 is 2.12 bits per heavy atom. The van der Waals surface area contributed by atoms with Crippen LogP contribution in [0.1, 0.15) is 37.4 Å². The zero-order valence-electron chi connectivity index (χ0n) is 17.9. The average Bonchev–Trinajstić information content (AvgIpc) is 2.73. The summed E-state index contributed by atoms with van der Waals surface area (Å²) in [5.74, 6) is -0.860. The van der Waals surface area contributed by atoms with Crippen LogP contribution in [0, 0.1) is 17.2 Å². The van der Waals surface area contributed by atoms with E-state index in [1.165, 1.54) is 30.3 Å². The maximum Gasteiger partial charge on any atom is 0.417 e. The molecule has 33 heavy (non-hydrogen) atoms. The lowest BCUT2D eigenvalue weighted by atomic mass is 9.95. The van der Waals surface area contributed by atoms with Crippen LogP contribution in [0.2, 0.25) is 0 Å². The summed E-state index contributed by atoms with van der Waals surface area (Å²) in [5, 5.41) is 13.2. The maximum atomic E-state index is 13.9. The third-order valence-corrected chi connectivity index (χ3v) is 4.85. The minimum atomic E-state index is -4.78. The number of benzene rings is 2. The highest BCUT2D eigenvalue weighted by Crippen LogP contribution is 2.38. The van der Waals surface area contributed by atoms with Gasteiger partial charge < -0.3 is 5.32 Å². The molecule has 1 amide bonds. The van der Waals surface area contributed by atoms with E-state index in [1.807, 2.05) is 0 Å². The van der Waals surface area contributed by atoms with E-state index in [1.54, 1.807) is 19.9 Å². The molecule has 0 saturated carbocycles. The molecule has 2 N–H and O–H groups in total. The van der Waals surface area contributed by atoms with E-state index in [2.05, 4.69) is 10.6 Å². The number of hydrogen-bond acceptors (Lipinski definition) is 3. The van der Waals surface area contributed by atoms with E-state index >= 15 is 0 Å². The van der Waals surface area contributed by atoms with Crippen molar-refractivity contribution in [1.82, 2.24) is 10.6 Å². The van der Waals surface area contributed by atoms with Gasteiger partial charge in [-0.05, 0) is 35.1 Å². The molecule has 0 fully saturated rings. The molecule has 0 saturated heterocycles. The van der Waals surface area contributed by atoms with Gasteiger partial charge in [0.1, 0.15) is 12.6 Å². The minimum Gasteiger partial charge on any atom is -0.342 e. The molecule has 0 unspecified atom stereocenters. The van der Waals surface area contributed by atoms with Gasteiger partial charge in [-0.15, -0.1) is 0 Å². The fraction of sp³-hybridized carbons (Fsp3) is 0.391. The summed E-state index contributed by atoms with van der Waals surface area (Å²) >= 11 is 0. The Labute approximate surface area is 187 Å². The highest BCUT2D eigenvalue weighted by atomic mass is 19.4. The van der Waals surface area contributed by atoms with Gasteiger partial charge in [0.2, 0.25) is 5.91 Å². The van der Waals surface area contributed by atoms with Crippen LogP contribution in [0.15, 0.2) is 48.5 Å². The molecule has 0 radical (unpaired) electrons. The molecule has 2 aromatic rings. The predicted molar refractivity (Wildman–Crippen MR) is 111 cm³/mol. The number of nitrogens with one attached hydrogen (secondary N) is 2. The molecule has 2 rings (SSSR count). The van der Waals surface area contributed by atoms with E-state index in [-0.39, 0.29) is 35.6 Å². The number of halogens is 6. The van der Waals surface area contributed by atoms with Crippen LogP contribution in [0.5, 0.6) is 0 Å². The van der Waals surface area contributed by atoms with Gasteiger partial charge in [0.25, 0.3) is 0 Å². The first kappa shape index (κ1) is 26.2. The Hall–Kier alpha value is -3.06. The Morgan fingerprint density at radius 2 is 1.61 bits per heavy atom. The number of carbonyl (C=O) groups excluding carboxylic acids is 1. The van der Waals surface area contributed by atoms with Crippen LogP contribution in [0.4, 0.5) is 26.3 Å². The fourth-order valence-corrected chi connectivity index (χ4v) is 3.39. The molecule has 0 heterocycles. The normalized spacial score (nSPS) is 13.9. The van der Waals surface area contributed by atoms with Crippen molar-refractivity contribution in [2.24, 2.45) is 5.92 Å². The summed E-state index contributed by atoms with van der Waals surface area (Å²) in [6, 6.07) is 7.58. The number of rotatable bonds is 8. The number of alkyl halides is 6. The van der Waals surface area contributed by atoms with Gasteiger partial charge >= 0.3 is 12.4 Å². The van der Waals surface area contributed by atoms with Gasteiger partial charge in [-0.1, -0.05) is 56.3 Å². The van der Waals surface area contributed by atoms with Crippen molar-refractivity contribution < 1.29 is 31.1 Å². The van der Waals surface area contributed by atoms with Crippen molar-refractivity contribution in [3.8, 4) is 17.2 Å². The molecular weight excluding hydrogens is 448 g/mol. The van der Waals surface area contributed by atoms with Gasteiger partial charge in [-0.2, -0.15) is 31.6 Å². The van der Waals surface area contributed by atoms with E-state index < -0.39 is 35.9 Å². The van der Waals surface area contributed by atoms with Gasteiger partial charge in [0.05, 0.1) is 17.7 Å². The fourth-order valence-electron chi connectivity index (χ4n) is 3.39. The quantitative estimate of drug-likeness (QED) is 0.388. The van der Waals surface area contributed by atoms with Crippen molar-refractivity contribution in [3.63, 3.8) is 0 Å². The van der Waals surface area contributed by atoms with E-state index in [4.69, 9.17) is 5.26 Å². The summed E-state index contributed by atoms with van der Waals surface area (Å²) in [6.07, 6.45) is -9.32. The van der Waals surface area contributed by atoms with Gasteiger partial charge in [-0.3, -0.25) is 10.1 Å². The molecule has 4 nitrogen and oxygen atoms in total. The number of hydrogen-bond donors (Lipinski definition) is 2. The highest BCUT2D eigenvalue weighted by Gasteiger charge is 2.43. The predicted octanol–water partition coefficient (Wildman–Crippen LogP) is 5.62. The van der Waals surface area contributed by atoms with Crippen molar-refractivity contribution >= 4 is 5.91 Å². The lowest BCUT2D eigenvalue weighted by Gasteiger charge is -2.28. The standard InChI is InChI=1S/C23H23F6N3O/c1-14(2)13-19(21(33)31-12-11-30)32-20(23(27,28)29)16-9-7-15(8-10-16)17-5-3-4-6-18(17)22(24,25)26/h3-10,14,19-20,32H,12-13H2,1-2H3,(H,31,33)/t19-,20-/m0/s1. The third kappa shape index (κ3) is 7.22. The SMILES string of the molecule is CC(C)C[C@H](N[C@@H](c1ccc(-c2ccccc2C(F)(F)F)cc1)C(F)(F)F)C(=O)NCC#N. The van der Waals surface area contributed by atoms with Crippen molar-refractivity contribution in [1.29, 1.82) is 5.26 Å². The minimum absolute atomic E-state index is 0.0842. The molecule has 0 aliphatic carbocycles. The first-order valence-electron chi connectivity index (χ1n) is 10.1. The lowest BCUT2D eigenvalue weighted by Crippen LogP contribution is -2.49. The largest absolute Gasteiger partial charge is 0.417 e. The van der Waals surface area contributed by atoms with Crippen molar-refractivity contribution in [2.75, 3.05) is 6.54 Å². The van der Waals surface area contributed by atoms with Crippen molar-refractivity contribution in [3.05, 3.63) is 59.7 Å². The summed E-state index contributed by atoms with van der Waals surface area (Å²) in [7, 11) is 0. The van der Waals surface area contributed by atoms with E-state index in [0.29, 0.717) is 0 Å². The number of nitriles is 1. The summed E-state index contributed by atoms with van der Waals surface area (Å²) in [5.41, 5.74) is -1.19. The molecule has 0 aromatic heterocycles. The zero-order valence-corrected chi connectivity index (χ0v) is 17.9. The van der Waals surface area contributed by atoms with Gasteiger partial charge in [0.15, 0.2) is 0 Å². The number of amides is 1. The molecule has 0 aliphatic rings. The molecule has 0 aliphatic heterocycles. The first-order chi connectivity index (χ1) is 15.3. The average molecular weight is 471 g/mol. The maximum absolute atomic E-state index is 13.9. The van der Waals surface area contributed by atoms with Crippen LogP contribution < -0.4 is 10.6 Å². The number of carbonyl (C=O) groups is 1. The summed E-state index contributed by atoms with van der Waals surface area (Å²) in [4.78, 5) is 12.3. The highest BCUT2D eigenvalue weighted by molar-refractivity contribution is 5.82. The second kappa shape index (κ2) is 10.7. The third-order valence-electron chi connectivity index (χ3n) is 4.85. The molecular formula is C23H23F6N3O.